The Labute approximate surface area is 151 Å². The monoisotopic (exact) mass is 342 g/mol. The van der Waals surface area contributed by atoms with Gasteiger partial charge in [-0.1, -0.05) is 12.1 Å². The van der Waals surface area contributed by atoms with Gasteiger partial charge in [-0.3, -0.25) is 4.99 Å². The zero-order valence-electron chi connectivity index (χ0n) is 14.4. The average Bonchev–Trinajstić information content (AvgIpc) is 3.12. The van der Waals surface area contributed by atoms with Crippen molar-refractivity contribution in [3.05, 3.63) is 78.4 Å². The van der Waals surface area contributed by atoms with Gasteiger partial charge in [-0.15, -0.1) is 0 Å². The number of nitrogens with zero attached hydrogens (tertiary/aromatic N) is 2. The third-order valence-electron chi connectivity index (χ3n) is 3.96. The summed E-state index contributed by atoms with van der Waals surface area (Å²) in [6.07, 6.45) is 1.84. The first kappa shape index (κ1) is 16.1. The SMILES string of the molecule is CCOc1ccc(C=Nc2ccc(-c3nc4ccccc4o3)cc2)cc1. The molecule has 4 rings (SSSR count). The lowest BCUT2D eigenvalue weighted by Crippen LogP contribution is -1.91. The Morgan fingerprint density at radius 2 is 1.73 bits per heavy atom. The lowest BCUT2D eigenvalue weighted by Gasteiger charge is -2.02. The number of aliphatic imine (C=N–C) groups is 1. The highest BCUT2D eigenvalue weighted by molar-refractivity contribution is 5.82. The highest BCUT2D eigenvalue weighted by atomic mass is 16.5. The Balaban J connectivity index is 1.50. The molecule has 0 aliphatic heterocycles. The number of fused-ring (bicyclic) bond motifs is 1. The van der Waals surface area contributed by atoms with Gasteiger partial charge in [0, 0.05) is 11.8 Å². The van der Waals surface area contributed by atoms with E-state index in [9.17, 15) is 0 Å². The van der Waals surface area contributed by atoms with Crippen molar-refractivity contribution in [1.82, 2.24) is 4.98 Å². The van der Waals surface area contributed by atoms with Gasteiger partial charge in [-0.05, 0) is 73.2 Å². The zero-order valence-corrected chi connectivity index (χ0v) is 14.4. The molecular formula is C22H18N2O2. The third-order valence-corrected chi connectivity index (χ3v) is 3.96. The molecule has 128 valence electrons. The van der Waals surface area contributed by atoms with E-state index >= 15 is 0 Å². The molecule has 26 heavy (non-hydrogen) atoms. The van der Waals surface area contributed by atoms with Gasteiger partial charge in [0.1, 0.15) is 11.3 Å². The summed E-state index contributed by atoms with van der Waals surface area (Å²) in [5.41, 5.74) is 4.48. The van der Waals surface area contributed by atoms with E-state index in [1.165, 1.54) is 0 Å². The molecule has 3 aromatic carbocycles. The number of hydrogen-bond donors (Lipinski definition) is 0. The van der Waals surface area contributed by atoms with Gasteiger partial charge in [0.25, 0.3) is 0 Å². The Morgan fingerprint density at radius 1 is 0.962 bits per heavy atom. The van der Waals surface area contributed by atoms with E-state index in [1.807, 2.05) is 85.9 Å². The molecule has 0 amide bonds. The van der Waals surface area contributed by atoms with Crippen molar-refractivity contribution >= 4 is 23.0 Å². The van der Waals surface area contributed by atoms with E-state index in [0.29, 0.717) is 12.5 Å². The van der Waals surface area contributed by atoms with Crippen LogP contribution in [0.1, 0.15) is 12.5 Å². The second kappa shape index (κ2) is 7.23. The first-order valence-electron chi connectivity index (χ1n) is 8.55. The molecule has 1 heterocycles. The molecule has 0 radical (unpaired) electrons. The minimum absolute atomic E-state index is 0.619. The maximum atomic E-state index is 5.79. The average molecular weight is 342 g/mol. The van der Waals surface area contributed by atoms with Crippen LogP contribution in [0.15, 0.2) is 82.2 Å². The molecular weight excluding hydrogens is 324 g/mol. The van der Waals surface area contributed by atoms with Gasteiger partial charge in [0.2, 0.25) is 5.89 Å². The van der Waals surface area contributed by atoms with Gasteiger partial charge in [-0.25, -0.2) is 4.98 Å². The van der Waals surface area contributed by atoms with Crippen LogP contribution in [0.5, 0.6) is 5.75 Å². The van der Waals surface area contributed by atoms with Crippen molar-refractivity contribution in [2.24, 2.45) is 4.99 Å². The van der Waals surface area contributed by atoms with Crippen LogP contribution in [0.2, 0.25) is 0 Å². The molecule has 0 unspecified atom stereocenters. The first-order valence-corrected chi connectivity index (χ1v) is 8.55. The van der Waals surface area contributed by atoms with Crippen LogP contribution in [-0.2, 0) is 0 Å². The van der Waals surface area contributed by atoms with Crippen LogP contribution in [0, 0.1) is 0 Å². The van der Waals surface area contributed by atoms with Gasteiger partial charge < -0.3 is 9.15 Å². The van der Waals surface area contributed by atoms with Crippen molar-refractivity contribution in [3.8, 4) is 17.2 Å². The summed E-state index contributed by atoms with van der Waals surface area (Å²) in [4.78, 5) is 9.03. The van der Waals surface area contributed by atoms with Gasteiger partial charge in [0.05, 0.1) is 12.3 Å². The summed E-state index contributed by atoms with van der Waals surface area (Å²) in [7, 11) is 0. The number of aromatic nitrogens is 1. The van der Waals surface area contributed by atoms with Crippen LogP contribution in [0.3, 0.4) is 0 Å². The fourth-order valence-corrected chi connectivity index (χ4v) is 2.65. The topological polar surface area (TPSA) is 47.6 Å². The second-order valence-corrected chi connectivity index (χ2v) is 5.79. The van der Waals surface area contributed by atoms with E-state index in [4.69, 9.17) is 9.15 Å². The fourth-order valence-electron chi connectivity index (χ4n) is 2.65. The second-order valence-electron chi connectivity index (χ2n) is 5.79. The standard InChI is InChI=1S/C22H18N2O2/c1-2-25-19-13-7-16(8-14-19)15-23-18-11-9-17(10-12-18)22-24-20-5-3-4-6-21(20)26-22/h3-15H,2H2,1H3. The van der Waals surface area contributed by atoms with Crippen molar-refractivity contribution in [3.63, 3.8) is 0 Å². The molecule has 0 fully saturated rings. The minimum Gasteiger partial charge on any atom is -0.494 e. The summed E-state index contributed by atoms with van der Waals surface area (Å²) in [6.45, 7) is 2.64. The molecule has 4 heteroatoms. The van der Waals surface area contributed by atoms with Crippen LogP contribution >= 0.6 is 0 Å². The quantitative estimate of drug-likeness (QED) is 0.441. The summed E-state index contributed by atoms with van der Waals surface area (Å²) in [6, 6.07) is 23.5. The van der Waals surface area contributed by atoms with E-state index in [1.54, 1.807) is 0 Å². The van der Waals surface area contributed by atoms with Crippen LogP contribution in [0.25, 0.3) is 22.6 Å². The van der Waals surface area contributed by atoms with Crippen molar-refractivity contribution in [2.75, 3.05) is 6.61 Å². The zero-order chi connectivity index (χ0) is 17.8. The molecule has 0 saturated carbocycles. The van der Waals surface area contributed by atoms with Crippen LogP contribution in [-0.4, -0.2) is 17.8 Å². The summed E-state index contributed by atoms with van der Waals surface area (Å²) in [5, 5.41) is 0. The maximum absolute atomic E-state index is 5.79. The fraction of sp³-hybridized carbons (Fsp3) is 0.0909. The Bertz CT molecular complexity index is 999. The molecule has 0 N–H and O–H groups in total. The minimum atomic E-state index is 0.619. The first-order chi connectivity index (χ1) is 12.8. The molecule has 4 aromatic rings. The predicted octanol–water partition coefficient (Wildman–Crippen LogP) is 5.64. The number of para-hydroxylation sites is 2. The molecule has 0 atom stereocenters. The number of ether oxygens (including phenoxy) is 1. The highest BCUT2D eigenvalue weighted by Gasteiger charge is 2.07. The molecule has 1 aromatic heterocycles. The van der Waals surface area contributed by atoms with Crippen molar-refractivity contribution < 1.29 is 9.15 Å². The number of hydrogen-bond acceptors (Lipinski definition) is 4. The highest BCUT2D eigenvalue weighted by Crippen LogP contribution is 2.25. The van der Waals surface area contributed by atoms with E-state index in [-0.39, 0.29) is 0 Å². The van der Waals surface area contributed by atoms with E-state index < -0.39 is 0 Å². The van der Waals surface area contributed by atoms with Crippen LogP contribution in [0.4, 0.5) is 5.69 Å². The third kappa shape index (κ3) is 3.49. The Kier molecular flexibility index (Phi) is 4.48. The summed E-state index contributed by atoms with van der Waals surface area (Å²) >= 11 is 0. The summed E-state index contributed by atoms with van der Waals surface area (Å²) in [5.74, 6) is 1.49. The Morgan fingerprint density at radius 3 is 2.46 bits per heavy atom. The normalized spacial score (nSPS) is 11.3. The number of benzene rings is 3. The maximum Gasteiger partial charge on any atom is 0.227 e. The number of oxazole rings is 1. The van der Waals surface area contributed by atoms with E-state index in [2.05, 4.69) is 9.98 Å². The molecule has 0 aliphatic carbocycles. The number of rotatable bonds is 5. The van der Waals surface area contributed by atoms with E-state index in [0.717, 1.165) is 33.7 Å². The van der Waals surface area contributed by atoms with Crippen molar-refractivity contribution in [2.45, 2.75) is 6.92 Å². The largest absolute Gasteiger partial charge is 0.494 e. The van der Waals surface area contributed by atoms with Gasteiger partial charge in [0.15, 0.2) is 5.58 Å². The molecule has 0 spiro atoms. The van der Waals surface area contributed by atoms with Crippen LogP contribution < -0.4 is 4.74 Å². The molecule has 0 saturated heterocycles. The smallest absolute Gasteiger partial charge is 0.227 e. The lowest BCUT2D eigenvalue weighted by atomic mass is 10.2. The van der Waals surface area contributed by atoms with Gasteiger partial charge in [-0.2, -0.15) is 0 Å². The van der Waals surface area contributed by atoms with Gasteiger partial charge >= 0.3 is 0 Å². The molecule has 0 bridgehead atoms. The Hall–Kier alpha value is -3.40. The molecule has 0 aliphatic rings. The van der Waals surface area contributed by atoms with Crippen molar-refractivity contribution in [1.29, 1.82) is 0 Å². The molecule has 4 nitrogen and oxygen atoms in total. The lowest BCUT2D eigenvalue weighted by molar-refractivity contribution is 0.340. The summed E-state index contributed by atoms with van der Waals surface area (Å²) < 4.78 is 11.2. The predicted molar refractivity (Wildman–Crippen MR) is 104 cm³/mol.